The van der Waals surface area contributed by atoms with E-state index in [9.17, 15) is 9.59 Å². The Labute approximate surface area is 407 Å². The molecule has 3 saturated heterocycles. The molecule has 364 valence electrons. The number of carbonyl (C=O) groups excluding carboxylic acids is 2. The van der Waals surface area contributed by atoms with E-state index in [0.29, 0.717) is 0 Å². The van der Waals surface area contributed by atoms with Crippen LogP contribution < -0.4 is 0 Å². The van der Waals surface area contributed by atoms with E-state index in [1.54, 1.807) is 0 Å². The van der Waals surface area contributed by atoms with Crippen LogP contribution in [0.15, 0.2) is 182 Å². The first kappa shape index (κ1) is 48.6. The Balaban J connectivity index is 1.05. The van der Waals surface area contributed by atoms with E-state index >= 15 is 0 Å². The molecule has 0 aliphatic carbocycles. The van der Waals surface area contributed by atoms with Gasteiger partial charge in [0.05, 0.1) is 39.6 Å². The molecule has 0 unspecified atom stereocenters. The monoisotopic (exact) mass is 952 g/mol. The molecule has 0 saturated carbocycles. The van der Waals surface area contributed by atoms with Crippen LogP contribution in [-0.4, -0.2) is 86.9 Å². The number of rotatable bonds is 18. The van der Waals surface area contributed by atoms with Crippen molar-refractivity contribution in [3.63, 3.8) is 0 Å². The maximum absolute atomic E-state index is 14.1. The molecule has 6 aromatic rings. The second kappa shape index (κ2) is 24.9. The van der Waals surface area contributed by atoms with Crippen LogP contribution in [0.2, 0.25) is 0 Å². The highest BCUT2D eigenvalue weighted by atomic mass is 16.8. The zero-order valence-corrected chi connectivity index (χ0v) is 38.5. The topological polar surface area (TPSA) is 145 Å². The maximum atomic E-state index is 14.1. The van der Waals surface area contributed by atoms with Crippen LogP contribution >= 0.6 is 0 Å². The van der Waals surface area contributed by atoms with Crippen molar-refractivity contribution in [2.24, 2.45) is 0 Å². The van der Waals surface area contributed by atoms with E-state index in [4.69, 9.17) is 56.8 Å². The van der Waals surface area contributed by atoms with Crippen molar-refractivity contribution in [1.82, 2.24) is 0 Å². The number of fused-ring (bicyclic) bond motifs is 4. The van der Waals surface area contributed by atoms with Gasteiger partial charge in [0.2, 0.25) is 12.6 Å². The summed E-state index contributed by atoms with van der Waals surface area (Å²) >= 11 is 0. The Bertz CT molecular complexity index is 2300. The van der Waals surface area contributed by atoms with Gasteiger partial charge in [-0.2, -0.15) is 0 Å². The summed E-state index contributed by atoms with van der Waals surface area (Å²) in [5, 5.41) is 0. The predicted octanol–water partition coefficient (Wildman–Crippen LogP) is 9.27. The molecule has 14 heteroatoms. The van der Waals surface area contributed by atoms with Crippen LogP contribution in [0, 0.1) is 0 Å². The highest BCUT2D eigenvalue weighted by molar-refractivity contribution is 5.60. The summed E-state index contributed by atoms with van der Waals surface area (Å²) < 4.78 is 77.0. The van der Waals surface area contributed by atoms with Gasteiger partial charge in [-0.1, -0.05) is 182 Å². The van der Waals surface area contributed by atoms with E-state index < -0.39 is 86.9 Å². The van der Waals surface area contributed by atoms with Gasteiger partial charge in [-0.05, 0) is 33.4 Å². The maximum Gasteiger partial charge on any atom is 0.510 e. The Morgan fingerprint density at radius 3 is 0.800 bits per heavy atom. The molecule has 0 N–H and O–H groups in total. The van der Waals surface area contributed by atoms with Crippen LogP contribution in [-0.2, 0) is 96.5 Å². The lowest BCUT2D eigenvalue weighted by Crippen LogP contribution is -2.63. The molecule has 9 rings (SSSR count). The average Bonchev–Trinajstić information content (AvgIpc) is 3.40. The SMILES string of the molecule is O=C1OC[C@H]2O[C@H](OC(=O)OC[C@H]3O[C@H](O1)[C@H](OCc1ccccc1)[C@@H](OCc1ccccc1)[C@@H]3OCc1ccccc1)[C@H](OCc1ccccc1)[C@@H](OCc1ccccc1)[C@@H]2OCc1ccccc1. The van der Waals surface area contributed by atoms with Gasteiger partial charge in [0, 0.05) is 0 Å². The van der Waals surface area contributed by atoms with Crippen molar-refractivity contribution in [1.29, 1.82) is 0 Å². The molecular formula is C56H56O14. The molecule has 0 aromatic heterocycles. The molecule has 3 fully saturated rings. The second-order valence-electron chi connectivity index (χ2n) is 17.0. The van der Waals surface area contributed by atoms with E-state index in [1.165, 1.54) is 0 Å². The van der Waals surface area contributed by atoms with Crippen LogP contribution in [0.25, 0.3) is 0 Å². The minimum Gasteiger partial charge on any atom is -0.431 e. The fourth-order valence-electron chi connectivity index (χ4n) is 8.51. The molecule has 14 nitrogen and oxygen atoms in total. The molecule has 70 heavy (non-hydrogen) atoms. The third-order valence-electron chi connectivity index (χ3n) is 12.0. The molecule has 3 aliphatic heterocycles. The normalized spacial score (nSPS) is 25.8. The number of ether oxygens (including phenoxy) is 12. The van der Waals surface area contributed by atoms with Crippen molar-refractivity contribution in [2.45, 2.75) is 101 Å². The van der Waals surface area contributed by atoms with E-state index in [1.807, 2.05) is 182 Å². The van der Waals surface area contributed by atoms with Gasteiger partial charge in [0.1, 0.15) is 62.0 Å². The fourth-order valence-corrected chi connectivity index (χ4v) is 8.51. The van der Waals surface area contributed by atoms with Crippen molar-refractivity contribution >= 4 is 12.3 Å². The average molecular weight is 953 g/mol. The highest BCUT2D eigenvalue weighted by Gasteiger charge is 2.53. The number of carbonyl (C=O) groups is 2. The summed E-state index contributed by atoms with van der Waals surface area (Å²) in [6, 6.07) is 57.5. The largest absolute Gasteiger partial charge is 0.510 e. The molecule has 6 aromatic carbocycles. The smallest absolute Gasteiger partial charge is 0.431 e. The molecule has 4 bridgehead atoms. The van der Waals surface area contributed by atoms with E-state index in [0.717, 1.165) is 33.4 Å². The molecule has 3 heterocycles. The summed E-state index contributed by atoms with van der Waals surface area (Å²) in [7, 11) is 0. The summed E-state index contributed by atoms with van der Waals surface area (Å²) in [6.07, 6.45) is -13.2. The molecule has 10 atom stereocenters. The molecular weight excluding hydrogens is 897 g/mol. The summed E-state index contributed by atoms with van der Waals surface area (Å²) in [5.74, 6) is 0. The Hall–Kier alpha value is -6.46. The van der Waals surface area contributed by atoms with Crippen molar-refractivity contribution in [3.05, 3.63) is 215 Å². The minimum absolute atomic E-state index is 0.101. The first-order valence-electron chi connectivity index (χ1n) is 23.4. The third kappa shape index (κ3) is 13.4. The van der Waals surface area contributed by atoms with Crippen LogP contribution in [0.5, 0.6) is 0 Å². The summed E-state index contributed by atoms with van der Waals surface area (Å²) in [4.78, 5) is 28.3. The van der Waals surface area contributed by atoms with Gasteiger partial charge in [0.15, 0.2) is 0 Å². The van der Waals surface area contributed by atoms with Crippen molar-refractivity contribution in [3.8, 4) is 0 Å². The molecule has 0 amide bonds. The third-order valence-corrected chi connectivity index (χ3v) is 12.0. The Morgan fingerprint density at radius 2 is 0.543 bits per heavy atom. The van der Waals surface area contributed by atoms with Crippen molar-refractivity contribution in [2.75, 3.05) is 13.2 Å². The highest BCUT2D eigenvalue weighted by Crippen LogP contribution is 2.35. The Morgan fingerprint density at radius 1 is 0.314 bits per heavy atom. The molecule has 0 spiro atoms. The second-order valence-corrected chi connectivity index (χ2v) is 17.0. The van der Waals surface area contributed by atoms with E-state index in [2.05, 4.69) is 0 Å². The molecule has 0 radical (unpaired) electrons. The summed E-state index contributed by atoms with van der Waals surface area (Å²) in [6.45, 7) is -0.105. The van der Waals surface area contributed by atoms with Gasteiger partial charge in [0.25, 0.3) is 0 Å². The fraction of sp³-hybridized carbons (Fsp3) is 0.321. The Kier molecular flexibility index (Phi) is 17.3. The van der Waals surface area contributed by atoms with Gasteiger partial charge >= 0.3 is 12.3 Å². The van der Waals surface area contributed by atoms with Gasteiger partial charge < -0.3 is 56.8 Å². The lowest BCUT2D eigenvalue weighted by atomic mass is 9.97. The van der Waals surface area contributed by atoms with Crippen LogP contribution in [0.3, 0.4) is 0 Å². The number of cyclic esters (lactones) is 2. The minimum atomic E-state index is -1.44. The zero-order chi connectivity index (χ0) is 47.7. The van der Waals surface area contributed by atoms with Gasteiger partial charge in [-0.15, -0.1) is 0 Å². The first-order valence-corrected chi connectivity index (χ1v) is 23.4. The number of hydrogen-bond acceptors (Lipinski definition) is 14. The quantitative estimate of drug-likeness (QED) is 0.0755. The predicted molar refractivity (Wildman–Crippen MR) is 252 cm³/mol. The van der Waals surface area contributed by atoms with E-state index in [-0.39, 0.29) is 39.6 Å². The lowest BCUT2D eigenvalue weighted by molar-refractivity contribution is -0.329. The van der Waals surface area contributed by atoms with Crippen LogP contribution in [0.4, 0.5) is 9.59 Å². The summed E-state index contributed by atoms with van der Waals surface area (Å²) in [5.41, 5.74) is 5.19. The van der Waals surface area contributed by atoms with Crippen LogP contribution in [0.1, 0.15) is 33.4 Å². The first-order chi connectivity index (χ1) is 34.5. The standard InChI is InChI=1S/C56H56O14/c57-55-65-37-45-47(59-31-39-19-7-1-8-20-39)49(61-33-41-23-11-3-12-24-41)51(63-35-43-27-15-5-16-28-43)53(67-45)69-56(58)66-38-46-48(60-32-40-21-9-2-10-22-40)50(62-34-42-25-13-4-14-26-42)52(54(68-46)70-55)64-36-44-29-17-6-18-30-44/h1-30,45-54H,31-38H2/t45-,46-,47-,48-,49+,50+,51-,52-,53-,54-/m1/s1. The van der Waals surface area contributed by atoms with Gasteiger partial charge in [-0.25, -0.2) is 9.59 Å². The number of hydrogen-bond donors (Lipinski definition) is 0. The number of benzene rings is 6. The molecule has 3 aliphatic rings. The van der Waals surface area contributed by atoms with Crippen molar-refractivity contribution < 1.29 is 66.4 Å². The zero-order valence-electron chi connectivity index (χ0n) is 38.5. The lowest BCUT2D eigenvalue weighted by Gasteiger charge is -2.46. The van der Waals surface area contributed by atoms with Gasteiger partial charge in [-0.3, -0.25) is 0 Å².